The second kappa shape index (κ2) is 10.8. The Hall–Kier alpha value is -1.04. The van der Waals surface area contributed by atoms with Gasteiger partial charge in [-0.3, -0.25) is 4.79 Å². The molecule has 0 aliphatic carbocycles. The third kappa shape index (κ3) is 7.00. The van der Waals surface area contributed by atoms with Crippen LogP contribution in [0.2, 0.25) is 0 Å². The molecule has 2 rings (SSSR count). The number of aliphatic imine (C=N–C) groups is 1. The number of nitrogens with one attached hydrogen (secondary N) is 2. The summed E-state index contributed by atoms with van der Waals surface area (Å²) in [5.41, 5.74) is 0. The molecular formula is C15H28IN7OS. The van der Waals surface area contributed by atoms with E-state index in [1.54, 1.807) is 30.8 Å². The Kier molecular flexibility index (Phi) is 9.54. The van der Waals surface area contributed by atoms with Gasteiger partial charge in [-0.25, -0.2) is 14.7 Å². The average Bonchev–Trinajstić information content (AvgIpc) is 2.91. The SMILES string of the molecule is CSCCNC(=NCC(=O)N(C)C)NC1CCc2nc(C)nn2C1.I. The van der Waals surface area contributed by atoms with Gasteiger partial charge in [0.1, 0.15) is 18.2 Å². The Bertz CT molecular complexity index is 590. The number of halogens is 1. The maximum atomic E-state index is 11.8. The van der Waals surface area contributed by atoms with Crippen molar-refractivity contribution in [3.63, 3.8) is 0 Å². The highest BCUT2D eigenvalue weighted by Gasteiger charge is 2.21. The number of carbonyl (C=O) groups is 1. The van der Waals surface area contributed by atoms with E-state index in [2.05, 4.69) is 32.0 Å². The van der Waals surface area contributed by atoms with E-state index in [1.807, 2.05) is 11.6 Å². The van der Waals surface area contributed by atoms with Gasteiger partial charge in [0.2, 0.25) is 5.91 Å². The lowest BCUT2D eigenvalue weighted by molar-refractivity contribution is -0.127. The number of thioether (sulfide) groups is 1. The molecule has 1 unspecified atom stereocenters. The van der Waals surface area contributed by atoms with Crippen LogP contribution in [0.3, 0.4) is 0 Å². The fourth-order valence-electron chi connectivity index (χ4n) is 2.46. The predicted octanol–water partition coefficient (Wildman–Crippen LogP) is 0.506. The van der Waals surface area contributed by atoms with Gasteiger partial charge in [-0.2, -0.15) is 16.9 Å². The molecule has 1 aliphatic rings. The number of aromatic nitrogens is 3. The Morgan fingerprint density at radius 2 is 2.24 bits per heavy atom. The van der Waals surface area contributed by atoms with Crippen LogP contribution in [0.4, 0.5) is 0 Å². The number of hydrogen-bond donors (Lipinski definition) is 2. The third-order valence-corrected chi connectivity index (χ3v) is 4.39. The standard InChI is InChI=1S/C15H27N7OS.HI/c1-11-18-13-6-5-12(10-22(13)20-11)19-15(16-7-8-24-4)17-9-14(23)21(2)3;/h12H,5-10H2,1-4H3,(H2,16,17,19);1H. The summed E-state index contributed by atoms with van der Waals surface area (Å²) < 4.78 is 1.96. The number of aryl methyl sites for hydroxylation is 2. The van der Waals surface area contributed by atoms with Crippen molar-refractivity contribution in [2.45, 2.75) is 32.4 Å². The first-order chi connectivity index (χ1) is 11.5. The lowest BCUT2D eigenvalue weighted by Gasteiger charge is -2.25. The van der Waals surface area contributed by atoms with Crippen LogP contribution in [0.5, 0.6) is 0 Å². The number of likely N-dealkylation sites (N-methyl/N-ethyl adjacent to an activating group) is 1. The van der Waals surface area contributed by atoms with Gasteiger partial charge in [-0.05, 0) is 19.6 Å². The molecule has 0 spiro atoms. The molecule has 0 aromatic carbocycles. The van der Waals surface area contributed by atoms with Gasteiger partial charge in [0.25, 0.3) is 0 Å². The molecule has 0 saturated carbocycles. The van der Waals surface area contributed by atoms with Crippen molar-refractivity contribution in [3.8, 4) is 0 Å². The van der Waals surface area contributed by atoms with Gasteiger partial charge in [0.15, 0.2) is 5.96 Å². The fourth-order valence-corrected chi connectivity index (χ4v) is 2.76. The summed E-state index contributed by atoms with van der Waals surface area (Å²) in [5, 5.41) is 11.1. The summed E-state index contributed by atoms with van der Waals surface area (Å²) in [7, 11) is 3.48. The van der Waals surface area contributed by atoms with Gasteiger partial charge in [0, 0.05) is 38.9 Å². The molecule has 0 fully saturated rings. The number of fused-ring (bicyclic) bond motifs is 1. The van der Waals surface area contributed by atoms with E-state index in [4.69, 9.17) is 0 Å². The van der Waals surface area contributed by atoms with Crippen molar-refractivity contribution in [3.05, 3.63) is 11.6 Å². The first-order valence-corrected chi connectivity index (χ1v) is 9.53. The minimum absolute atomic E-state index is 0. The van der Waals surface area contributed by atoms with E-state index < -0.39 is 0 Å². The average molecular weight is 481 g/mol. The molecule has 1 amide bonds. The van der Waals surface area contributed by atoms with Crippen LogP contribution in [0.15, 0.2) is 4.99 Å². The Labute approximate surface area is 170 Å². The minimum Gasteiger partial charge on any atom is -0.356 e. The molecule has 2 heterocycles. The van der Waals surface area contributed by atoms with Crippen LogP contribution in [0, 0.1) is 6.92 Å². The first kappa shape index (κ1) is 22.0. The van der Waals surface area contributed by atoms with Crippen LogP contribution in [-0.4, -0.2) is 76.8 Å². The van der Waals surface area contributed by atoms with Gasteiger partial charge >= 0.3 is 0 Å². The summed E-state index contributed by atoms with van der Waals surface area (Å²) in [6, 6.07) is 0.230. The van der Waals surface area contributed by atoms with Crippen LogP contribution < -0.4 is 10.6 Å². The molecule has 8 nitrogen and oxygen atoms in total. The van der Waals surface area contributed by atoms with Gasteiger partial charge in [-0.15, -0.1) is 24.0 Å². The first-order valence-electron chi connectivity index (χ1n) is 8.14. The highest BCUT2D eigenvalue weighted by molar-refractivity contribution is 14.0. The maximum absolute atomic E-state index is 11.8. The second-order valence-corrected chi connectivity index (χ2v) is 7.00. The van der Waals surface area contributed by atoms with Gasteiger partial charge in [0.05, 0.1) is 6.54 Å². The van der Waals surface area contributed by atoms with Crippen molar-refractivity contribution >= 4 is 47.6 Å². The van der Waals surface area contributed by atoms with E-state index in [9.17, 15) is 4.79 Å². The summed E-state index contributed by atoms with van der Waals surface area (Å²) in [4.78, 5) is 22.2. The van der Waals surface area contributed by atoms with Gasteiger partial charge < -0.3 is 15.5 Å². The molecule has 1 aromatic rings. The fraction of sp³-hybridized carbons (Fsp3) is 0.733. The van der Waals surface area contributed by atoms with Gasteiger partial charge in [-0.1, -0.05) is 0 Å². The van der Waals surface area contributed by atoms with Crippen molar-refractivity contribution in [1.29, 1.82) is 0 Å². The number of hydrogen-bond acceptors (Lipinski definition) is 5. The molecule has 142 valence electrons. The molecule has 0 bridgehead atoms. The Morgan fingerprint density at radius 3 is 2.92 bits per heavy atom. The molecule has 25 heavy (non-hydrogen) atoms. The number of rotatable bonds is 6. The maximum Gasteiger partial charge on any atom is 0.243 e. The van der Waals surface area contributed by atoms with Crippen molar-refractivity contribution < 1.29 is 4.79 Å². The highest BCUT2D eigenvalue weighted by Crippen LogP contribution is 2.12. The van der Waals surface area contributed by atoms with Crippen molar-refractivity contribution in [2.75, 3.05) is 39.2 Å². The zero-order chi connectivity index (χ0) is 17.5. The third-order valence-electron chi connectivity index (χ3n) is 3.77. The molecule has 1 aromatic heterocycles. The number of carbonyl (C=O) groups excluding carboxylic acids is 1. The zero-order valence-corrected chi connectivity index (χ0v) is 18.4. The van der Waals surface area contributed by atoms with Crippen molar-refractivity contribution in [1.82, 2.24) is 30.3 Å². The lowest BCUT2D eigenvalue weighted by Crippen LogP contribution is -2.48. The van der Waals surface area contributed by atoms with Crippen LogP contribution in [-0.2, 0) is 17.8 Å². The molecular weight excluding hydrogens is 453 g/mol. The Balaban J connectivity index is 0.00000312. The lowest BCUT2D eigenvalue weighted by atomic mass is 10.1. The van der Waals surface area contributed by atoms with Crippen LogP contribution in [0.1, 0.15) is 18.1 Å². The summed E-state index contributed by atoms with van der Waals surface area (Å²) >= 11 is 1.77. The predicted molar refractivity (Wildman–Crippen MR) is 113 cm³/mol. The van der Waals surface area contributed by atoms with Crippen molar-refractivity contribution in [2.24, 2.45) is 4.99 Å². The summed E-state index contributed by atoms with van der Waals surface area (Å²) in [6.45, 7) is 3.63. The monoisotopic (exact) mass is 481 g/mol. The van der Waals surface area contributed by atoms with E-state index in [1.165, 1.54) is 0 Å². The summed E-state index contributed by atoms with van der Waals surface area (Å²) in [5.74, 6) is 3.51. The van der Waals surface area contributed by atoms with E-state index in [-0.39, 0.29) is 42.5 Å². The molecule has 1 aliphatic heterocycles. The highest BCUT2D eigenvalue weighted by atomic mass is 127. The quantitative estimate of drug-likeness (QED) is 0.267. The number of nitrogens with zero attached hydrogens (tertiary/aromatic N) is 5. The summed E-state index contributed by atoms with van der Waals surface area (Å²) in [6.07, 6.45) is 3.94. The molecule has 0 radical (unpaired) electrons. The molecule has 10 heteroatoms. The number of guanidine groups is 1. The van der Waals surface area contributed by atoms with E-state index in [0.717, 1.165) is 43.3 Å². The van der Waals surface area contributed by atoms with E-state index in [0.29, 0.717) is 5.96 Å². The van der Waals surface area contributed by atoms with E-state index >= 15 is 0 Å². The Morgan fingerprint density at radius 1 is 1.48 bits per heavy atom. The molecule has 1 atom stereocenters. The van der Waals surface area contributed by atoms with Crippen LogP contribution >= 0.6 is 35.7 Å². The number of amides is 1. The second-order valence-electron chi connectivity index (χ2n) is 6.01. The minimum atomic E-state index is -0.0150. The largest absolute Gasteiger partial charge is 0.356 e. The molecule has 0 saturated heterocycles. The zero-order valence-electron chi connectivity index (χ0n) is 15.3. The topological polar surface area (TPSA) is 87.4 Å². The normalized spacial score (nSPS) is 16.6. The molecule has 2 N–H and O–H groups in total. The van der Waals surface area contributed by atoms with Crippen LogP contribution in [0.25, 0.3) is 0 Å². The smallest absolute Gasteiger partial charge is 0.243 e.